The van der Waals surface area contributed by atoms with Gasteiger partial charge in [0.05, 0.1) is 13.1 Å². The molecule has 30 heavy (non-hydrogen) atoms. The van der Waals surface area contributed by atoms with Gasteiger partial charge in [-0.1, -0.05) is 48.5 Å². The molecule has 3 N–H and O–H groups in total. The molecule has 1 heterocycles. The predicted octanol–water partition coefficient (Wildman–Crippen LogP) is 2.06. The van der Waals surface area contributed by atoms with E-state index in [0.717, 1.165) is 43.8 Å². The van der Waals surface area contributed by atoms with Crippen molar-refractivity contribution in [2.75, 3.05) is 13.1 Å². The van der Waals surface area contributed by atoms with Gasteiger partial charge < -0.3 is 10.2 Å². The number of likely N-dealkylation sites (tertiary alicyclic amines) is 1. The van der Waals surface area contributed by atoms with Crippen LogP contribution in [0.3, 0.4) is 0 Å². The maximum absolute atomic E-state index is 12.6. The van der Waals surface area contributed by atoms with Crippen molar-refractivity contribution in [1.29, 1.82) is 0 Å². The molecular formula is C24H29N4O2+. The normalized spacial score (nSPS) is 15.8. The van der Waals surface area contributed by atoms with Crippen LogP contribution in [0.1, 0.15) is 42.6 Å². The van der Waals surface area contributed by atoms with Gasteiger partial charge in [-0.15, -0.1) is 0 Å². The van der Waals surface area contributed by atoms with Crippen molar-refractivity contribution in [2.45, 2.75) is 33.2 Å². The van der Waals surface area contributed by atoms with Gasteiger partial charge in [0.1, 0.15) is 12.2 Å². The molecule has 1 fully saturated rings. The van der Waals surface area contributed by atoms with Crippen LogP contribution < -0.4 is 15.6 Å². The van der Waals surface area contributed by atoms with Crippen molar-refractivity contribution in [3.63, 3.8) is 0 Å². The van der Waals surface area contributed by atoms with Crippen LogP contribution >= 0.6 is 0 Å². The van der Waals surface area contributed by atoms with Crippen molar-refractivity contribution in [3.05, 3.63) is 83.1 Å². The van der Waals surface area contributed by atoms with E-state index >= 15 is 0 Å². The minimum absolute atomic E-state index is 0.236. The van der Waals surface area contributed by atoms with Crippen LogP contribution in [-0.2, 0) is 11.3 Å². The topological polar surface area (TPSA) is 75.0 Å². The molecule has 0 aromatic heterocycles. The van der Waals surface area contributed by atoms with Gasteiger partial charge in [-0.2, -0.15) is 5.10 Å². The summed E-state index contributed by atoms with van der Waals surface area (Å²) >= 11 is 0. The van der Waals surface area contributed by atoms with Gasteiger partial charge in [0.25, 0.3) is 11.8 Å². The van der Waals surface area contributed by atoms with Gasteiger partial charge in [0.15, 0.2) is 0 Å². The third-order valence-corrected chi connectivity index (χ3v) is 5.15. The number of amides is 2. The van der Waals surface area contributed by atoms with E-state index in [1.807, 2.05) is 12.1 Å². The highest BCUT2D eigenvalue weighted by molar-refractivity contribution is 6.03. The predicted molar refractivity (Wildman–Crippen MR) is 118 cm³/mol. The SMILES string of the molecule is CC(C)=C(NC(=O)c1ccccc1)C(=O)NN=C1CC[NH+](Cc2ccccc2)CC1. The minimum atomic E-state index is -0.397. The first kappa shape index (κ1) is 21.5. The number of quaternary nitrogens is 1. The third-order valence-electron chi connectivity index (χ3n) is 5.15. The molecule has 2 amide bonds. The average molecular weight is 406 g/mol. The largest absolute Gasteiger partial charge is 0.331 e. The van der Waals surface area contributed by atoms with Gasteiger partial charge in [0, 0.05) is 29.7 Å². The van der Waals surface area contributed by atoms with Crippen LogP contribution in [0, 0.1) is 0 Å². The van der Waals surface area contributed by atoms with Crippen molar-refractivity contribution in [2.24, 2.45) is 5.10 Å². The van der Waals surface area contributed by atoms with E-state index in [9.17, 15) is 9.59 Å². The molecule has 1 aliphatic heterocycles. The number of hydrogen-bond donors (Lipinski definition) is 3. The highest BCUT2D eigenvalue weighted by Gasteiger charge is 2.20. The number of nitrogens with zero attached hydrogens (tertiary/aromatic N) is 1. The Labute approximate surface area is 177 Å². The number of nitrogens with one attached hydrogen (secondary N) is 3. The molecule has 0 saturated carbocycles. The molecule has 0 unspecified atom stereocenters. The maximum atomic E-state index is 12.6. The summed E-state index contributed by atoms with van der Waals surface area (Å²) < 4.78 is 0. The first-order chi connectivity index (χ1) is 14.5. The molecule has 6 heteroatoms. The first-order valence-electron chi connectivity index (χ1n) is 10.3. The number of hydrazone groups is 1. The molecule has 2 aromatic rings. The van der Waals surface area contributed by atoms with Gasteiger partial charge >= 0.3 is 0 Å². The zero-order valence-corrected chi connectivity index (χ0v) is 17.6. The third kappa shape index (κ3) is 6.12. The first-order valence-corrected chi connectivity index (χ1v) is 10.3. The lowest BCUT2D eigenvalue weighted by molar-refractivity contribution is -0.914. The van der Waals surface area contributed by atoms with Gasteiger partial charge in [0.2, 0.25) is 0 Å². The molecule has 0 spiro atoms. The van der Waals surface area contributed by atoms with E-state index in [2.05, 4.69) is 40.1 Å². The lowest BCUT2D eigenvalue weighted by Crippen LogP contribution is -3.11. The quantitative estimate of drug-likeness (QED) is 0.508. The van der Waals surface area contributed by atoms with Crippen LogP contribution in [-0.4, -0.2) is 30.6 Å². The zero-order valence-electron chi connectivity index (χ0n) is 17.6. The molecular weight excluding hydrogens is 376 g/mol. The second kappa shape index (κ2) is 10.5. The Morgan fingerprint density at radius 2 is 1.53 bits per heavy atom. The Kier molecular flexibility index (Phi) is 7.51. The van der Waals surface area contributed by atoms with Crippen LogP contribution in [0.15, 0.2) is 77.0 Å². The molecule has 2 aromatic carbocycles. The highest BCUT2D eigenvalue weighted by atomic mass is 16.2. The minimum Gasteiger partial charge on any atom is -0.331 e. The second-order valence-corrected chi connectivity index (χ2v) is 7.73. The number of benzene rings is 2. The summed E-state index contributed by atoms with van der Waals surface area (Å²) in [6, 6.07) is 19.3. The number of carbonyl (C=O) groups excluding carboxylic acids is 2. The monoisotopic (exact) mass is 405 g/mol. The Hall–Kier alpha value is -3.25. The Morgan fingerprint density at radius 1 is 0.933 bits per heavy atom. The summed E-state index contributed by atoms with van der Waals surface area (Å²) in [5.41, 5.74) is 6.41. The summed E-state index contributed by atoms with van der Waals surface area (Å²) in [5.74, 6) is -0.710. The fourth-order valence-corrected chi connectivity index (χ4v) is 3.44. The maximum Gasteiger partial charge on any atom is 0.287 e. The Morgan fingerprint density at radius 3 is 2.13 bits per heavy atom. The Bertz CT molecular complexity index is 922. The molecule has 3 rings (SSSR count). The van der Waals surface area contributed by atoms with E-state index in [1.165, 1.54) is 10.5 Å². The van der Waals surface area contributed by atoms with Crippen molar-refractivity contribution >= 4 is 17.5 Å². The van der Waals surface area contributed by atoms with Crippen LogP contribution in [0.5, 0.6) is 0 Å². The lowest BCUT2D eigenvalue weighted by atomic mass is 10.1. The second-order valence-electron chi connectivity index (χ2n) is 7.73. The standard InChI is InChI=1S/C24H28N4O2/c1-18(2)22(25-23(29)20-11-7-4-8-12-20)24(30)27-26-21-13-15-28(16-14-21)17-19-9-5-3-6-10-19/h3-12H,13-17H2,1-2H3,(H,25,29)(H,27,30)/p+1. The molecule has 0 atom stereocenters. The van der Waals surface area contributed by atoms with Crippen LogP contribution in [0.2, 0.25) is 0 Å². The number of carbonyl (C=O) groups is 2. The lowest BCUT2D eigenvalue weighted by Gasteiger charge is -2.24. The fourth-order valence-electron chi connectivity index (χ4n) is 3.44. The van der Waals surface area contributed by atoms with Crippen molar-refractivity contribution in [3.8, 4) is 0 Å². The molecule has 0 bridgehead atoms. The summed E-state index contributed by atoms with van der Waals surface area (Å²) in [5, 5.41) is 7.04. The fraction of sp³-hybridized carbons (Fsp3) is 0.292. The van der Waals surface area contributed by atoms with E-state index < -0.39 is 5.91 Å². The van der Waals surface area contributed by atoms with Crippen LogP contribution in [0.25, 0.3) is 0 Å². The molecule has 156 valence electrons. The van der Waals surface area contributed by atoms with E-state index in [4.69, 9.17) is 0 Å². The molecule has 1 aliphatic rings. The molecule has 6 nitrogen and oxygen atoms in total. The average Bonchev–Trinajstić information content (AvgIpc) is 2.77. The molecule has 0 radical (unpaired) electrons. The number of allylic oxidation sites excluding steroid dienone is 1. The summed E-state index contributed by atoms with van der Waals surface area (Å²) in [7, 11) is 0. The van der Waals surface area contributed by atoms with E-state index in [0.29, 0.717) is 5.56 Å². The molecule has 0 aliphatic carbocycles. The van der Waals surface area contributed by atoms with Crippen molar-refractivity contribution in [1.82, 2.24) is 10.7 Å². The van der Waals surface area contributed by atoms with E-state index in [1.54, 1.807) is 38.1 Å². The summed E-state index contributed by atoms with van der Waals surface area (Å²) in [6.07, 6.45) is 1.70. The summed E-state index contributed by atoms with van der Waals surface area (Å²) in [6.45, 7) is 6.57. The van der Waals surface area contributed by atoms with Gasteiger partial charge in [-0.3, -0.25) is 9.59 Å². The van der Waals surface area contributed by atoms with Gasteiger partial charge in [-0.25, -0.2) is 5.43 Å². The molecule has 1 saturated heterocycles. The highest BCUT2D eigenvalue weighted by Crippen LogP contribution is 2.05. The number of hydrogen-bond acceptors (Lipinski definition) is 3. The number of piperidine rings is 1. The van der Waals surface area contributed by atoms with Gasteiger partial charge in [-0.05, 0) is 31.6 Å². The summed E-state index contributed by atoms with van der Waals surface area (Å²) in [4.78, 5) is 26.5. The van der Waals surface area contributed by atoms with Crippen molar-refractivity contribution < 1.29 is 14.5 Å². The van der Waals surface area contributed by atoms with E-state index in [-0.39, 0.29) is 11.6 Å². The zero-order chi connectivity index (χ0) is 21.3. The number of rotatable bonds is 6. The Balaban J connectivity index is 1.52. The van der Waals surface area contributed by atoms with Crippen LogP contribution in [0.4, 0.5) is 0 Å². The smallest absolute Gasteiger partial charge is 0.287 e.